The van der Waals surface area contributed by atoms with E-state index in [4.69, 9.17) is 9.47 Å². The molecule has 3 atom stereocenters. The van der Waals surface area contributed by atoms with Gasteiger partial charge in [0.15, 0.2) is 6.29 Å². The van der Waals surface area contributed by atoms with E-state index in [1.165, 1.54) is 31.2 Å². The molecule has 3 rings (SSSR count). The summed E-state index contributed by atoms with van der Waals surface area (Å²) in [6.45, 7) is 2.01. The first-order chi connectivity index (χ1) is 13.9. The summed E-state index contributed by atoms with van der Waals surface area (Å²) in [5.74, 6) is -0.454. The van der Waals surface area contributed by atoms with E-state index in [0.29, 0.717) is 24.2 Å². The predicted octanol–water partition coefficient (Wildman–Crippen LogP) is 5.63. The molecule has 0 aliphatic carbocycles. The largest absolute Gasteiger partial charge is 0.416 e. The van der Waals surface area contributed by atoms with Crippen molar-refractivity contribution in [3.05, 3.63) is 70.5 Å². The minimum absolute atomic E-state index is 0.0657. The summed E-state index contributed by atoms with van der Waals surface area (Å²) in [6, 6.07) is 6.20. The maximum Gasteiger partial charge on any atom is 0.416 e. The number of halogens is 7. The van der Waals surface area contributed by atoms with E-state index < -0.39 is 47.7 Å². The topological polar surface area (TPSA) is 30.5 Å². The molecule has 0 aromatic heterocycles. The lowest BCUT2D eigenvalue weighted by atomic mass is 10.0. The zero-order valence-corrected chi connectivity index (χ0v) is 15.6. The van der Waals surface area contributed by atoms with Crippen LogP contribution in [0.1, 0.15) is 41.3 Å². The fraction of sp³-hybridized carbons (Fsp3) is 0.400. The Morgan fingerprint density at radius 2 is 1.53 bits per heavy atom. The molecule has 0 bridgehead atoms. The number of hydrogen-bond acceptors (Lipinski definition) is 3. The Labute approximate surface area is 167 Å². The van der Waals surface area contributed by atoms with Crippen LogP contribution in [0.3, 0.4) is 0 Å². The van der Waals surface area contributed by atoms with Crippen LogP contribution in [-0.4, -0.2) is 19.4 Å². The van der Waals surface area contributed by atoms with Crippen molar-refractivity contribution in [2.75, 3.05) is 13.2 Å². The van der Waals surface area contributed by atoms with Crippen LogP contribution in [0.4, 0.5) is 30.7 Å². The van der Waals surface area contributed by atoms with E-state index in [0.717, 1.165) is 0 Å². The summed E-state index contributed by atoms with van der Waals surface area (Å²) in [6.07, 6.45) is -12.0. The lowest BCUT2D eigenvalue weighted by molar-refractivity contribution is -0.200. The van der Waals surface area contributed by atoms with E-state index in [1.54, 1.807) is 0 Å². The fourth-order valence-corrected chi connectivity index (χ4v) is 3.14. The molecule has 164 valence electrons. The molecule has 0 spiro atoms. The number of ether oxygens (including phenoxy) is 2. The van der Waals surface area contributed by atoms with Crippen molar-refractivity contribution in [2.24, 2.45) is 0 Å². The smallest absolute Gasteiger partial charge is 0.349 e. The van der Waals surface area contributed by atoms with Crippen molar-refractivity contribution in [1.82, 2.24) is 5.32 Å². The Balaban J connectivity index is 1.88. The van der Waals surface area contributed by atoms with Crippen LogP contribution >= 0.6 is 0 Å². The second-order valence-corrected chi connectivity index (χ2v) is 6.84. The number of nitrogens with one attached hydrogen (secondary N) is 1. The van der Waals surface area contributed by atoms with Crippen LogP contribution in [0.15, 0.2) is 42.5 Å². The molecule has 1 fully saturated rings. The summed E-state index contributed by atoms with van der Waals surface area (Å²) in [5.41, 5.74) is -2.52. The second kappa shape index (κ2) is 8.52. The molecule has 0 amide bonds. The number of morpholine rings is 1. The molecule has 3 nitrogen and oxygen atoms in total. The monoisotopic (exact) mass is 437 g/mol. The van der Waals surface area contributed by atoms with Gasteiger partial charge >= 0.3 is 12.4 Å². The highest BCUT2D eigenvalue weighted by molar-refractivity contribution is 5.34. The number of alkyl halides is 6. The molecule has 1 aliphatic heterocycles. The quantitative estimate of drug-likeness (QED) is 0.630. The van der Waals surface area contributed by atoms with Crippen molar-refractivity contribution in [3.8, 4) is 0 Å². The van der Waals surface area contributed by atoms with Crippen LogP contribution in [0.2, 0.25) is 0 Å². The third-order valence-electron chi connectivity index (χ3n) is 4.67. The van der Waals surface area contributed by atoms with Crippen LogP contribution in [0.5, 0.6) is 0 Å². The highest BCUT2D eigenvalue weighted by Crippen LogP contribution is 2.38. The van der Waals surface area contributed by atoms with E-state index in [-0.39, 0.29) is 18.2 Å². The molecule has 0 radical (unpaired) electrons. The molecule has 1 aliphatic rings. The van der Waals surface area contributed by atoms with E-state index in [1.807, 2.05) is 0 Å². The van der Waals surface area contributed by atoms with Gasteiger partial charge < -0.3 is 14.8 Å². The first-order valence-electron chi connectivity index (χ1n) is 9.00. The van der Waals surface area contributed by atoms with Crippen molar-refractivity contribution in [3.63, 3.8) is 0 Å². The van der Waals surface area contributed by atoms with Gasteiger partial charge in [0.2, 0.25) is 0 Å². The van der Waals surface area contributed by atoms with Crippen LogP contribution < -0.4 is 5.32 Å². The van der Waals surface area contributed by atoms with Crippen molar-refractivity contribution in [1.29, 1.82) is 0 Å². The molecular weight excluding hydrogens is 419 g/mol. The fourth-order valence-electron chi connectivity index (χ4n) is 3.14. The summed E-state index contributed by atoms with van der Waals surface area (Å²) in [5, 5.41) is 3.10. The maximum atomic E-state index is 13.2. The van der Waals surface area contributed by atoms with Gasteiger partial charge in [-0.3, -0.25) is 0 Å². The van der Waals surface area contributed by atoms with E-state index in [9.17, 15) is 30.7 Å². The highest BCUT2D eigenvalue weighted by Gasteiger charge is 2.38. The van der Waals surface area contributed by atoms with Gasteiger partial charge in [-0.15, -0.1) is 0 Å². The summed E-state index contributed by atoms with van der Waals surface area (Å²) < 4.78 is 103. The molecule has 1 unspecified atom stereocenters. The van der Waals surface area contributed by atoms with Crippen molar-refractivity contribution in [2.45, 2.75) is 37.7 Å². The number of hydrogen-bond donors (Lipinski definition) is 1. The Morgan fingerprint density at radius 3 is 2.07 bits per heavy atom. The molecule has 1 N–H and O–H groups in total. The van der Waals surface area contributed by atoms with E-state index >= 15 is 0 Å². The first kappa shape index (κ1) is 22.5. The normalized spacial score (nSPS) is 21.5. The van der Waals surface area contributed by atoms with Gasteiger partial charge in [-0.25, -0.2) is 4.39 Å². The Kier molecular flexibility index (Phi) is 6.40. The van der Waals surface area contributed by atoms with Gasteiger partial charge in [-0.2, -0.15) is 26.3 Å². The second-order valence-electron chi connectivity index (χ2n) is 6.84. The standard InChI is InChI=1S/C20H18F7NO2/c1-11(13-8-14(19(22,23)24)10-15(9-13)20(25,26)27)30-18-17(28-6-7-29-18)12-2-4-16(21)5-3-12/h2-5,8-11,17-18,28H,6-7H2,1H3/t11?,17-,18+/m1/s1. The Bertz CT molecular complexity index is 833. The third kappa shape index (κ3) is 5.30. The molecule has 2 aromatic rings. The lowest BCUT2D eigenvalue weighted by Crippen LogP contribution is -2.43. The minimum Gasteiger partial charge on any atom is -0.349 e. The van der Waals surface area contributed by atoms with Gasteiger partial charge in [-0.1, -0.05) is 12.1 Å². The summed E-state index contributed by atoms with van der Waals surface area (Å²) in [7, 11) is 0. The zero-order valence-electron chi connectivity index (χ0n) is 15.6. The third-order valence-corrected chi connectivity index (χ3v) is 4.67. The van der Waals surface area contributed by atoms with Crippen LogP contribution in [0.25, 0.3) is 0 Å². The maximum absolute atomic E-state index is 13.2. The SMILES string of the molecule is CC(O[C@@H]1OCCN[C@@H]1c1ccc(F)cc1)c1cc(C(F)(F)F)cc(C(F)(F)F)c1. The number of rotatable bonds is 4. The minimum atomic E-state index is -4.95. The predicted molar refractivity (Wildman–Crippen MR) is 92.8 cm³/mol. The van der Waals surface area contributed by atoms with Crippen LogP contribution in [-0.2, 0) is 21.8 Å². The molecular formula is C20H18F7NO2. The van der Waals surface area contributed by atoms with Gasteiger partial charge in [0.1, 0.15) is 5.82 Å². The average Bonchev–Trinajstić information content (AvgIpc) is 2.67. The molecule has 30 heavy (non-hydrogen) atoms. The Morgan fingerprint density at radius 1 is 0.967 bits per heavy atom. The summed E-state index contributed by atoms with van der Waals surface area (Å²) in [4.78, 5) is 0. The average molecular weight is 437 g/mol. The molecule has 2 aromatic carbocycles. The number of benzene rings is 2. The zero-order chi connectivity index (χ0) is 22.1. The van der Waals surface area contributed by atoms with Crippen molar-refractivity contribution >= 4 is 0 Å². The lowest BCUT2D eigenvalue weighted by Gasteiger charge is -2.34. The highest BCUT2D eigenvalue weighted by atomic mass is 19.4. The van der Waals surface area contributed by atoms with Crippen LogP contribution in [0, 0.1) is 5.82 Å². The van der Waals surface area contributed by atoms with Gasteiger partial charge in [0.25, 0.3) is 0 Å². The van der Waals surface area contributed by atoms with E-state index in [2.05, 4.69) is 5.32 Å². The molecule has 1 heterocycles. The summed E-state index contributed by atoms with van der Waals surface area (Å²) >= 11 is 0. The van der Waals surface area contributed by atoms with Gasteiger partial charge in [-0.05, 0) is 48.4 Å². The van der Waals surface area contributed by atoms with Crippen molar-refractivity contribution < 1.29 is 40.2 Å². The Hall–Kier alpha value is -2.17. The molecule has 0 saturated carbocycles. The first-order valence-corrected chi connectivity index (χ1v) is 9.00. The molecule has 10 heteroatoms. The van der Waals surface area contributed by atoms with Gasteiger partial charge in [0.05, 0.1) is 29.9 Å². The molecule has 1 saturated heterocycles. The van der Waals surface area contributed by atoms with Gasteiger partial charge in [0, 0.05) is 6.54 Å².